The van der Waals surface area contributed by atoms with Crippen molar-refractivity contribution in [3.8, 4) is 11.3 Å². The van der Waals surface area contributed by atoms with Crippen molar-refractivity contribution in [1.82, 2.24) is 0 Å². The van der Waals surface area contributed by atoms with Crippen LogP contribution in [0.25, 0.3) is 16.9 Å². The maximum Gasteiger partial charge on any atom is 0.274 e. The van der Waals surface area contributed by atoms with E-state index in [-0.39, 0.29) is 5.91 Å². The number of nitrogens with zero attached hydrogens (tertiary/aromatic N) is 1. The smallest absolute Gasteiger partial charge is 0.274 e. The summed E-state index contributed by atoms with van der Waals surface area (Å²) in [5, 5.41) is 1.66. The van der Waals surface area contributed by atoms with Crippen LogP contribution in [0.2, 0.25) is 0 Å². The van der Waals surface area contributed by atoms with Gasteiger partial charge in [-0.3, -0.25) is 4.79 Å². The Labute approximate surface area is 127 Å². The molecule has 3 nitrogen and oxygen atoms in total. The number of amides is 1. The first-order chi connectivity index (χ1) is 10.8. The molecule has 1 amide bonds. The Hall–Kier alpha value is -2.94. The van der Waals surface area contributed by atoms with Crippen LogP contribution in [-0.4, -0.2) is 5.91 Å². The number of carbonyl (C=O) groups is 1. The topological polar surface area (TPSA) is 42.6 Å². The van der Waals surface area contributed by atoms with Crippen LogP contribution in [0.4, 0.5) is 0 Å². The molecule has 3 heteroatoms. The van der Waals surface area contributed by atoms with Crippen molar-refractivity contribution in [3.05, 3.63) is 83.1 Å². The van der Waals surface area contributed by atoms with Gasteiger partial charge in [0.1, 0.15) is 11.5 Å². The predicted octanol–water partition coefficient (Wildman–Crippen LogP) is 2.50. The van der Waals surface area contributed by atoms with Gasteiger partial charge in [-0.2, -0.15) is 0 Å². The van der Waals surface area contributed by atoms with Gasteiger partial charge in [0.2, 0.25) is 0 Å². The average molecular weight is 287 g/mol. The second-order valence-electron chi connectivity index (χ2n) is 5.22. The minimum atomic E-state index is -0.168. The van der Waals surface area contributed by atoms with Crippen LogP contribution in [0, 0.1) is 0 Å². The fraction of sp³-hybridized carbons (Fsp3) is 0.0526. The van der Waals surface area contributed by atoms with Gasteiger partial charge in [0, 0.05) is 22.8 Å². The van der Waals surface area contributed by atoms with Crippen LogP contribution in [0.3, 0.4) is 0 Å². The fourth-order valence-corrected chi connectivity index (χ4v) is 2.69. The van der Waals surface area contributed by atoms with E-state index in [1.165, 1.54) is 0 Å². The van der Waals surface area contributed by atoms with E-state index in [2.05, 4.69) is 4.99 Å². The third-order valence-electron chi connectivity index (χ3n) is 3.78. The lowest BCUT2D eigenvalue weighted by Gasteiger charge is -1.98. The van der Waals surface area contributed by atoms with Crippen molar-refractivity contribution in [2.45, 2.75) is 6.42 Å². The van der Waals surface area contributed by atoms with Crippen LogP contribution < -0.4 is 10.6 Å². The van der Waals surface area contributed by atoms with Crippen molar-refractivity contribution in [2.75, 3.05) is 0 Å². The van der Waals surface area contributed by atoms with Gasteiger partial charge < -0.3 is 4.42 Å². The molecule has 106 valence electrons. The van der Waals surface area contributed by atoms with Crippen molar-refractivity contribution in [1.29, 1.82) is 0 Å². The molecule has 2 heterocycles. The molecule has 3 aromatic rings. The maximum atomic E-state index is 12.1. The lowest BCUT2D eigenvalue weighted by Crippen LogP contribution is -2.22. The lowest BCUT2D eigenvalue weighted by atomic mass is 10.1. The maximum absolute atomic E-state index is 12.1. The summed E-state index contributed by atoms with van der Waals surface area (Å²) in [6, 6.07) is 21.4. The second-order valence-corrected chi connectivity index (χ2v) is 5.22. The Balaban J connectivity index is 1.70. The van der Waals surface area contributed by atoms with Crippen molar-refractivity contribution >= 4 is 11.5 Å². The summed E-state index contributed by atoms with van der Waals surface area (Å²) >= 11 is 0. The molecular weight excluding hydrogens is 274 g/mol. The highest BCUT2D eigenvalue weighted by Crippen LogP contribution is 2.23. The van der Waals surface area contributed by atoms with E-state index in [0.717, 1.165) is 27.7 Å². The molecule has 0 atom stereocenters. The Morgan fingerprint density at radius 3 is 2.50 bits per heavy atom. The van der Waals surface area contributed by atoms with Crippen molar-refractivity contribution < 1.29 is 9.21 Å². The normalized spacial score (nSPS) is 13.1. The summed E-state index contributed by atoms with van der Waals surface area (Å²) in [4.78, 5) is 16.1. The summed E-state index contributed by atoms with van der Waals surface area (Å²) in [5.41, 5.74) is 1.73. The van der Waals surface area contributed by atoms with Crippen LogP contribution in [0.15, 0.2) is 76.1 Å². The Kier molecular flexibility index (Phi) is 2.97. The minimum Gasteiger partial charge on any atom is -0.461 e. The Morgan fingerprint density at radius 2 is 1.64 bits per heavy atom. The first kappa shape index (κ1) is 12.8. The van der Waals surface area contributed by atoms with Crippen LogP contribution >= 0.6 is 0 Å². The predicted molar refractivity (Wildman–Crippen MR) is 83.5 cm³/mol. The van der Waals surface area contributed by atoms with Gasteiger partial charge in [-0.25, -0.2) is 4.99 Å². The zero-order chi connectivity index (χ0) is 14.9. The molecule has 0 saturated carbocycles. The number of hydrogen-bond donors (Lipinski definition) is 0. The molecule has 1 aliphatic rings. The number of benzene rings is 2. The molecule has 0 saturated heterocycles. The third kappa shape index (κ3) is 2.17. The first-order valence-corrected chi connectivity index (χ1v) is 7.17. The zero-order valence-corrected chi connectivity index (χ0v) is 11.8. The summed E-state index contributed by atoms with van der Waals surface area (Å²) in [6.45, 7) is 0. The summed E-state index contributed by atoms with van der Waals surface area (Å²) in [6.07, 6.45) is 0.464. The molecule has 0 aliphatic carbocycles. The Bertz CT molecular complexity index is 968. The standard InChI is InChI=1S/C19H13NO2/c21-19-16(15-8-4-5-9-17(15)20-19)12-14-10-11-18(22-14)13-6-2-1-3-7-13/h1-11H,12H2. The van der Waals surface area contributed by atoms with Crippen LogP contribution in [-0.2, 0) is 11.2 Å². The lowest BCUT2D eigenvalue weighted by molar-refractivity contribution is -0.112. The molecule has 0 bridgehead atoms. The first-order valence-electron chi connectivity index (χ1n) is 7.17. The van der Waals surface area contributed by atoms with Gasteiger partial charge in [0.15, 0.2) is 0 Å². The summed E-state index contributed by atoms with van der Waals surface area (Å²) in [5.74, 6) is 1.42. The van der Waals surface area contributed by atoms with Gasteiger partial charge in [0.05, 0.1) is 5.36 Å². The number of fused-ring (bicyclic) bond motifs is 1. The minimum absolute atomic E-state index is 0.168. The average Bonchev–Trinajstić information content (AvgIpc) is 3.14. The monoisotopic (exact) mass is 287 g/mol. The van der Waals surface area contributed by atoms with Crippen LogP contribution in [0.1, 0.15) is 5.76 Å². The second kappa shape index (κ2) is 5.11. The molecule has 1 aromatic heterocycles. The fourth-order valence-electron chi connectivity index (χ4n) is 2.69. The molecule has 4 rings (SSSR count). The van der Waals surface area contributed by atoms with E-state index in [4.69, 9.17) is 4.42 Å². The summed E-state index contributed by atoms with van der Waals surface area (Å²) in [7, 11) is 0. The molecule has 0 unspecified atom stereocenters. The van der Waals surface area contributed by atoms with E-state index >= 15 is 0 Å². The number of hydrogen-bond acceptors (Lipinski definition) is 2. The highest BCUT2D eigenvalue weighted by atomic mass is 16.3. The SMILES string of the molecule is O=C1N=c2ccccc2=C1Cc1ccc(-c2ccccc2)o1. The van der Waals surface area contributed by atoms with Gasteiger partial charge in [-0.1, -0.05) is 48.5 Å². The van der Waals surface area contributed by atoms with Crippen LogP contribution in [0.5, 0.6) is 0 Å². The van der Waals surface area contributed by atoms with Crippen molar-refractivity contribution in [2.24, 2.45) is 4.99 Å². The quantitative estimate of drug-likeness (QED) is 0.743. The Morgan fingerprint density at radius 1 is 0.864 bits per heavy atom. The van der Waals surface area contributed by atoms with E-state index in [9.17, 15) is 4.79 Å². The molecule has 2 aromatic carbocycles. The molecule has 1 aliphatic heterocycles. The zero-order valence-electron chi connectivity index (χ0n) is 11.8. The molecule has 0 spiro atoms. The number of rotatable bonds is 3. The van der Waals surface area contributed by atoms with E-state index < -0.39 is 0 Å². The number of para-hydroxylation sites is 1. The molecule has 22 heavy (non-hydrogen) atoms. The molecule has 0 fully saturated rings. The largest absolute Gasteiger partial charge is 0.461 e. The molecule has 0 radical (unpaired) electrons. The van der Waals surface area contributed by atoms with E-state index in [1.54, 1.807) is 0 Å². The number of furan rings is 1. The molecular formula is C19H13NO2. The van der Waals surface area contributed by atoms with Crippen molar-refractivity contribution in [3.63, 3.8) is 0 Å². The van der Waals surface area contributed by atoms with E-state index in [1.807, 2.05) is 66.7 Å². The highest BCUT2D eigenvalue weighted by Gasteiger charge is 2.18. The number of carbonyl (C=O) groups excluding carboxylic acids is 1. The van der Waals surface area contributed by atoms with E-state index in [0.29, 0.717) is 12.0 Å². The van der Waals surface area contributed by atoms with Gasteiger partial charge in [-0.05, 0) is 18.2 Å². The highest BCUT2D eigenvalue weighted by molar-refractivity contribution is 6.15. The molecule has 0 N–H and O–H groups in total. The summed E-state index contributed by atoms with van der Waals surface area (Å²) < 4.78 is 5.88. The van der Waals surface area contributed by atoms with Gasteiger partial charge >= 0.3 is 0 Å². The van der Waals surface area contributed by atoms with Gasteiger partial charge in [0.25, 0.3) is 5.91 Å². The third-order valence-corrected chi connectivity index (χ3v) is 3.78. The van der Waals surface area contributed by atoms with Gasteiger partial charge in [-0.15, -0.1) is 0 Å².